The molecule has 2 nitrogen and oxygen atoms in total. The molecule has 2 aromatic carbocycles. The van der Waals surface area contributed by atoms with Crippen LogP contribution in [0.3, 0.4) is 0 Å². The number of carbonyl (C=O) groups is 1. The summed E-state index contributed by atoms with van der Waals surface area (Å²) in [5.41, 5.74) is 2.94. The summed E-state index contributed by atoms with van der Waals surface area (Å²) in [5.74, 6) is 0.0496. The third-order valence-electron chi connectivity index (χ3n) is 3.50. The largest absolute Gasteiger partial charge is 0.452 e. The zero-order valence-electron chi connectivity index (χ0n) is 11.5. The molecule has 0 amide bonds. The van der Waals surface area contributed by atoms with Crippen LogP contribution in [0.4, 0.5) is 0 Å². The van der Waals surface area contributed by atoms with E-state index in [0.717, 1.165) is 16.5 Å². The highest BCUT2D eigenvalue weighted by atomic mass is 35.5. The molecule has 0 aliphatic carbocycles. The Morgan fingerprint density at radius 1 is 1.10 bits per heavy atom. The van der Waals surface area contributed by atoms with Gasteiger partial charge in [0.2, 0.25) is 5.78 Å². The summed E-state index contributed by atoms with van der Waals surface area (Å²) in [5, 5.41) is 1.54. The van der Waals surface area contributed by atoms with Crippen LogP contribution in [0.15, 0.2) is 40.8 Å². The van der Waals surface area contributed by atoms with E-state index in [4.69, 9.17) is 27.6 Å². The van der Waals surface area contributed by atoms with E-state index in [2.05, 4.69) is 0 Å². The van der Waals surface area contributed by atoms with Crippen molar-refractivity contribution >= 4 is 40.0 Å². The van der Waals surface area contributed by atoms with Crippen molar-refractivity contribution in [2.45, 2.75) is 13.8 Å². The molecule has 0 aliphatic rings. The monoisotopic (exact) mass is 318 g/mol. The van der Waals surface area contributed by atoms with E-state index in [9.17, 15) is 4.79 Å². The van der Waals surface area contributed by atoms with Gasteiger partial charge < -0.3 is 4.42 Å². The molecule has 0 N–H and O–H groups in total. The predicted molar refractivity (Wildman–Crippen MR) is 85.6 cm³/mol. The van der Waals surface area contributed by atoms with E-state index in [-0.39, 0.29) is 10.8 Å². The van der Waals surface area contributed by atoms with Crippen molar-refractivity contribution in [3.63, 3.8) is 0 Å². The minimum absolute atomic E-state index is 0.250. The average Bonchev–Trinajstić information content (AvgIpc) is 2.78. The number of ketones is 1. The van der Waals surface area contributed by atoms with Crippen LogP contribution in [-0.4, -0.2) is 5.78 Å². The molecule has 21 heavy (non-hydrogen) atoms. The molecule has 0 atom stereocenters. The van der Waals surface area contributed by atoms with Gasteiger partial charge in [-0.05, 0) is 37.6 Å². The lowest BCUT2D eigenvalue weighted by molar-refractivity contribution is 0.101. The number of hydrogen-bond donors (Lipinski definition) is 0. The normalized spacial score (nSPS) is 11.0. The summed E-state index contributed by atoms with van der Waals surface area (Å²) in [4.78, 5) is 12.7. The molecule has 0 fully saturated rings. The first kappa shape index (κ1) is 14.2. The maximum atomic E-state index is 12.7. The molecule has 0 bridgehead atoms. The summed E-state index contributed by atoms with van der Waals surface area (Å²) in [7, 11) is 0. The van der Waals surface area contributed by atoms with Gasteiger partial charge in [-0.25, -0.2) is 0 Å². The molecule has 0 unspecified atom stereocenters. The zero-order valence-corrected chi connectivity index (χ0v) is 13.0. The van der Waals surface area contributed by atoms with E-state index in [1.165, 1.54) is 0 Å². The SMILES string of the molecule is Cc1ccc2c(C)c(C(=O)c3cccc(Cl)c3Cl)oc2c1. The minimum Gasteiger partial charge on any atom is -0.452 e. The van der Waals surface area contributed by atoms with Gasteiger partial charge in [-0.3, -0.25) is 4.79 Å². The third-order valence-corrected chi connectivity index (χ3v) is 4.32. The highest BCUT2D eigenvalue weighted by Crippen LogP contribution is 2.31. The fourth-order valence-electron chi connectivity index (χ4n) is 2.35. The Bertz CT molecular complexity index is 863. The lowest BCUT2D eigenvalue weighted by Crippen LogP contribution is -2.02. The van der Waals surface area contributed by atoms with Crippen molar-refractivity contribution in [3.05, 3.63) is 68.9 Å². The van der Waals surface area contributed by atoms with Gasteiger partial charge in [-0.1, -0.05) is 41.4 Å². The summed E-state index contributed by atoms with van der Waals surface area (Å²) in [6.45, 7) is 3.85. The Morgan fingerprint density at radius 2 is 1.86 bits per heavy atom. The van der Waals surface area contributed by atoms with Crippen LogP contribution >= 0.6 is 23.2 Å². The maximum absolute atomic E-state index is 12.7. The van der Waals surface area contributed by atoms with Crippen molar-refractivity contribution < 1.29 is 9.21 Å². The van der Waals surface area contributed by atoms with Crippen LogP contribution in [0.5, 0.6) is 0 Å². The molecule has 106 valence electrons. The molecule has 0 aliphatic heterocycles. The summed E-state index contributed by atoms with van der Waals surface area (Å²) in [6, 6.07) is 10.9. The average molecular weight is 319 g/mol. The van der Waals surface area contributed by atoms with Gasteiger partial charge in [0.15, 0.2) is 5.76 Å². The molecule has 0 spiro atoms. The maximum Gasteiger partial charge on any atom is 0.230 e. The van der Waals surface area contributed by atoms with Gasteiger partial charge in [0.1, 0.15) is 5.58 Å². The van der Waals surface area contributed by atoms with Gasteiger partial charge in [-0.2, -0.15) is 0 Å². The van der Waals surface area contributed by atoms with E-state index in [1.54, 1.807) is 18.2 Å². The second kappa shape index (κ2) is 5.21. The molecule has 1 heterocycles. The van der Waals surface area contributed by atoms with Gasteiger partial charge in [0.05, 0.1) is 10.0 Å². The Balaban J connectivity index is 2.18. The number of halogens is 2. The highest BCUT2D eigenvalue weighted by molar-refractivity contribution is 6.44. The number of rotatable bonds is 2. The smallest absolute Gasteiger partial charge is 0.230 e. The first-order valence-corrected chi connectivity index (χ1v) is 7.23. The van der Waals surface area contributed by atoms with E-state index >= 15 is 0 Å². The Hall–Kier alpha value is -1.77. The molecule has 0 saturated heterocycles. The number of aryl methyl sites for hydroxylation is 2. The first-order chi connectivity index (χ1) is 9.99. The third kappa shape index (κ3) is 2.35. The van der Waals surface area contributed by atoms with Gasteiger partial charge in [-0.15, -0.1) is 0 Å². The van der Waals surface area contributed by atoms with Gasteiger partial charge >= 0.3 is 0 Å². The van der Waals surface area contributed by atoms with Crippen LogP contribution in [-0.2, 0) is 0 Å². The number of benzene rings is 2. The Kier molecular flexibility index (Phi) is 3.52. The van der Waals surface area contributed by atoms with Crippen LogP contribution in [0, 0.1) is 13.8 Å². The molecular formula is C17H12Cl2O2. The lowest BCUT2D eigenvalue weighted by Gasteiger charge is -2.03. The second-order valence-corrected chi connectivity index (χ2v) is 5.77. The Labute approximate surface area is 132 Å². The molecule has 0 radical (unpaired) electrons. The quantitative estimate of drug-likeness (QED) is 0.577. The number of furan rings is 1. The lowest BCUT2D eigenvalue weighted by atomic mass is 10.0. The molecule has 0 saturated carbocycles. The van der Waals surface area contributed by atoms with E-state index < -0.39 is 0 Å². The van der Waals surface area contributed by atoms with Crippen molar-refractivity contribution in [1.29, 1.82) is 0 Å². The summed E-state index contributed by atoms with van der Waals surface area (Å²) >= 11 is 12.1. The number of carbonyl (C=O) groups excluding carboxylic acids is 1. The van der Waals surface area contributed by atoms with Crippen LogP contribution in [0.25, 0.3) is 11.0 Å². The molecular weight excluding hydrogens is 307 g/mol. The van der Waals surface area contributed by atoms with E-state index in [1.807, 2.05) is 32.0 Å². The van der Waals surface area contributed by atoms with Gasteiger partial charge in [0, 0.05) is 16.5 Å². The van der Waals surface area contributed by atoms with Gasteiger partial charge in [0.25, 0.3) is 0 Å². The fourth-order valence-corrected chi connectivity index (χ4v) is 2.74. The molecule has 1 aromatic heterocycles. The minimum atomic E-state index is -0.256. The number of hydrogen-bond acceptors (Lipinski definition) is 2. The van der Waals surface area contributed by atoms with Crippen molar-refractivity contribution in [1.82, 2.24) is 0 Å². The second-order valence-electron chi connectivity index (χ2n) is 4.99. The first-order valence-electron chi connectivity index (χ1n) is 6.47. The van der Waals surface area contributed by atoms with Crippen LogP contribution < -0.4 is 0 Å². The van der Waals surface area contributed by atoms with Crippen LogP contribution in [0.1, 0.15) is 27.2 Å². The van der Waals surface area contributed by atoms with Crippen molar-refractivity contribution in [2.24, 2.45) is 0 Å². The molecule has 3 aromatic rings. The fraction of sp³-hybridized carbons (Fsp3) is 0.118. The zero-order chi connectivity index (χ0) is 15.1. The van der Waals surface area contributed by atoms with E-state index in [0.29, 0.717) is 21.9 Å². The van der Waals surface area contributed by atoms with Crippen LogP contribution in [0.2, 0.25) is 10.0 Å². The Morgan fingerprint density at radius 3 is 2.62 bits per heavy atom. The molecule has 3 rings (SSSR count). The topological polar surface area (TPSA) is 30.2 Å². The van der Waals surface area contributed by atoms with Crippen molar-refractivity contribution in [2.75, 3.05) is 0 Å². The summed E-state index contributed by atoms with van der Waals surface area (Å²) < 4.78 is 5.74. The predicted octanol–water partition coefficient (Wildman–Crippen LogP) is 5.59. The standard InChI is InChI=1S/C17H12Cl2O2/c1-9-6-7-11-10(2)17(21-14(11)8-9)16(20)12-4-3-5-13(18)15(12)19/h3-8H,1-2H3. The number of fused-ring (bicyclic) bond motifs is 1. The highest BCUT2D eigenvalue weighted by Gasteiger charge is 2.22. The molecule has 4 heteroatoms. The van der Waals surface area contributed by atoms with Crippen molar-refractivity contribution in [3.8, 4) is 0 Å². The summed E-state index contributed by atoms with van der Waals surface area (Å²) in [6.07, 6.45) is 0.